The lowest BCUT2D eigenvalue weighted by Crippen LogP contribution is -2.51. The van der Waals surface area contributed by atoms with E-state index in [2.05, 4.69) is 11.0 Å². The minimum absolute atomic E-state index is 0.000696. The van der Waals surface area contributed by atoms with Crippen LogP contribution >= 0.6 is 0 Å². The van der Waals surface area contributed by atoms with Crippen LogP contribution in [-0.2, 0) is 4.79 Å². The fourth-order valence-corrected chi connectivity index (χ4v) is 2.57. The zero-order valence-electron chi connectivity index (χ0n) is 13.7. The first-order valence-electron chi connectivity index (χ1n) is 7.83. The molecule has 1 amide bonds. The summed E-state index contributed by atoms with van der Waals surface area (Å²) in [4.78, 5) is 16.5. The van der Waals surface area contributed by atoms with Crippen molar-refractivity contribution < 1.29 is 14.3 Å². The van der Waals surface area contributed by atoms with Gasteiger partial charge in [0.1, 0.15) is 11.5 Å². The number of piperazine rings is 1. The number of benzene rings is 1. The minimum Gasteiger partial charge on any atom is -0.497 e. The third kappa shape index (κ3) is 4.86. The van der Waals surface area contributed by atoms with E-state index in [1.807, 2.05) is 4.90 Å². The third-order valence-corrected chi connectivity index (χ3v) is 3.94. The first kappa shape index (κ1) is 17.1. The maximum Gasteiger partial charge on any atom is 0.263 e. The summed E-state index contributed by atoms with van der Waals surface area (Å²) < 4.78 is 10.8. The molecular weight excluding hydrogens is 294 g/mol. The second kappa shape index (κ2) is 8.39. The molecule has 124 valence electrons. The molecule has 0 saturated carbocycles. The highest BCUT2D eigenvalue weighted by molar-refractivity contribution is 5.81. The van der Waals surface area contributed by atoms with E-state index in [-0.39, 0.29) is 5.91 Å². The maximum absolute atomic E-state index is 12.5. The lowest BCUT2D eigenvalue weighted by molar-refractivity contribution is -0.139. The van der Waals surface area contributed by atoms with Crippen LogP contribution in [0.4, 0.5) is 0 Å². The van der Waals surface area contributed by atoms with Crippen molar-refractivity contribution in [2.75, 3.05) is 39.8 Å². The molecule has 23 heavy (non-hydrogen) atoms. The Morgan fingerprint density at radius 3 is 2.39 bits per heavy atom. The Balaban J connectivity index is 1.82. The van der Waals surface area contributed by atoms with Crippen LogP contribution in [0, 0.1) is 11.3 Å². The molecule has 0 radical (unpaired) electrons. The van der Waals surface area contributed by atoms with Crippen LogP contribution in [0.2, 0.25) is 0 Å². The molecular formula is C17H23N3O3. The van der Waals surface area contributed by atoms with Crippen LogP contribution in [-0.4, -0.2) is 61.6 Å². The molecule has 0 spiro atoms. The van der Waals surface area contributed by atoms with Crippen LogP contribution in [0.25, 0.3) is 0 Å². The van der Waals surface area contributed by atoms with E-state index < -0.39 is 6.10 Å². The molecule has 1 atom stereocenters. The van der Waals surface area contributed by atoms with Crippen LogP contribution in [0.3, 0.4) is 0 Å². The second-order valence-electron chi connectivity index (χ2n) is 5.51. The van der Waals surface area contributed by atoms with Gasteiger partial charge in [-0.15, -0.1) is 0 Å². The first-order chi connectivity index (χ1) is 11.1. The van der Waals surface area contributed by atoms with E-state index in [0.717, 1.165) is 25.4 Å². The van der Waals surface area contributed by atoms with E-state index >= 15 is 0 Å². The zero-order valence-corrected chi connectivity index (χ0v) is 13.7. The molecule has 1 heterocycles. The molecule has 0 aliphatic carbocycles. The molecule has 0 aromatic heterocycles. The van der Waals surface area contributed by atoms with Gasteiger partial charge >= 0.3 is 0 Å². The van der Waals surface area contributed by atoms with Gasteiger partial charge in [-0.05, 0) is 31.2 Å². The Morgan fingerprint density at radius 1 is 1.22 bits per heavy atom. The van der Waals surface area contributed by atoms with Gasteiger partial charge in [0.25, 0.3) is 5.91 Å². The van der Waals surface area contributed by atoms with Gasteiger partial charge in [0.15, 0.2) is 6.10 Å². The van der Waals surface area contributed by atoms with Gasteiger partial charge in [-0.25, -0.2) is 0 Å². The van der Waals surface area contributed by atoms with Crippen LogP contribution in [0.1, 0.15) is 13.3 Å². The lowest BCUT2D eigenvalue weighted by Gasteiger charge is -2.35. The topological polar surface area (TPSA) is 65.8 Å². The highest BCUT2D eigenvalue weighted by Gasteiger charge is 2.25. The molecule has 1 fully saturated rings. The van der Waals surface area contributed by atoms with Gasteiger partial charge in [0.2, 0.25) is 0 Å². The summed E-state index contributed by atoms with van der Waals surface area (Å²) in [5.41, 5.74) is 0. The Labute approximate surface area is 137 Å². The standard InChI is InChI=1S/C17H23N3O3/c1-14(23-16-6-4-15(22-2)5-7-16)17(21)20-12-10-19(11-13-20)9-3-8-18/h4-7,14H,3,9-13H2,1-2H3. The number of hydrogen-bond acceptors (Lipinski definition) is 5. The van der Waals surface area contributed by atoms with Crippen molar-refractivity contribution in [3.8, 4) is 17.6 Å². The lowest BCUT2D eigenvalue weighted by atomic mass is 10.2. The van der Waals surface area contributed by atoms with E-state index in [0.29, 0.717) is 25.3 Å². The number of ether oxygens (including phenoxy) is 2. The summed E-state index contributed by atoms with van der Waals surface area (Å²) in [7, 11) is 1.61. The predicted octanol–water partition coefficient (Wildman–Crippen LogP) is 1.52. The summed E-state index contributed by atoms with van der Waals surface area (Å²) in [5, 5.41) is 8.62. The van der Waals surface area contributed by atoms with Crippen molar-refractivity contribution in [1.82, 2.24) is 9.80 Å². The number of rotatable bonds is 6. The van der Waals surface area contributed by atoms with E-state index in [9.17, 15) is 4.79 Å². The molecule has 1 aliphatic rings. The third-order valence-electron chi connectivity index (χ3n) is 3.94. The van der Waals surface area contributed by atoms with Crippen LogP contribution < -0.4 is 9.47 Å². The predicted molar refractivity (Wildman–Crippen MR) is 86.3 cm³/mol. The van der Waals surface area contributed by atoms with Crippen molar-refractivity contribution in [2.45, 2.75) is 19.4 Å². The molecule has 1 unspecified atom stereocenters. The van der Waals surface area contributed by atoms with Crippen LogP contribution in [0.15, 0.2) is 24.3 Å². The highest BCUT2D eigenvalue weighted by atomic mass is 16.5. The largest absolute Gasteiger partial charge is 0.497 e. The molecule has 6 heteroatoms. The molecule has 1 saturated heterocycles. The summed E-state index contributed by atoms with van der Waals surface area (Å²) in [5.74, 6) is 1.41. The molecule has 2 rings (SSSR count). The van der Waals surface area contributed by atoms with E-state index in [1.165, 1.54) is 0 Å². The van der Waals surface area contributed by atoms with Gasteiger partial charge in [0, 0.05) is 39.1 Å². The Bertz CT molecular complexity index is 545. The number of hydrogen-bond donors (Lipinski definition) is 0. The molecule has 0 N–H and O–H groups in total. The normalized spacial score (nSPS) is 16.5. The highest BCUT2D eigenvalue weighted by Crippen LogP contribution is 2.19. The summed E-state index contributed by atoms with van der Waals surface area (Å²) in [6.45, 7) is 5.53. The average Bonchev–Trinajstić information content (AvgIpc) is 2.60. The van der Waals surface area contributed by atoms with Crippen LogP contribution in [0.5, 0.6) is 11.5 Å². The smallest absolute Gasteiger partial charge is 0.263 e. The molecule has 1 aliphatic heterocycles. The number of carbonyl (C=O) groups is 1. The summed E-state index contributed by atoms with van der Waals surface area (Å²) in [6, 6.07) is 9.35. The monoisotopic (exact) mass is 317 g/mol. The van der Waals surface area contributed by atoms with Crippen molar-refractivity contribution in [3.63, 3.8) is 0 Å². The Hall–Kier alpha value is -2.26. The molecule has 6 nitrogen and oxygen atoms in total. The second-order valence-corrected chi connectivity index (χ2v) is 5.51. The van der Waals surface area contributed by atoms with Crippen molar-refractivity contribution in [2.24, 2.45) is 0 Å². The number of nitrogens with zero attached hydrogens (tertiary/aromatic N) is 3. The van der Waals surface area contributed by atoms with Gasteiger partial charge in [-0.2, -0.15) is 5.26 Å². The molecule has 1 aromatic rings. The number of amides is 1. The summed E-state index contributed by atoms with van der Waals surface area (Å²) in [6.07, 6.45) is 0.0133. The van der Waals surface area contributed by atoms with E-state index in [1.54, 1.807) is 38.3 Å². The fraction of sp³-hybridized carbons (Fsp3) is 0.529. The van der Waals surface area contributed by atoms with Gasteiger partial charge in [-0.1, -0.05) is 0 Å². The Morgan fingerprint density at radius 2 is 1.83 bits per heavy atom. The number of carbonyl (C=O) groups excluding carboxylic acids is 1. The number of nitriles is 1. The van der Waals surface area contributed by atoms with Gasteiger partial charge < -0.3 is 14.4 Å². The quantitative estimate of drug-likeness (QED) is 0.796. The maximum atomic E-state index is 12.5. The zero-order chi connectivity index (χ0) is 16.7. The first-order valence-corrected chi connectivity index (χ1v) is 7.83. The van der Waals surface area contributed by atoms with Gasteiger partial charge in [0.05, 0.1) is 13.2 Å². The fourth-order valence-electron chi connectivity index (χ4n) is 2.57. The van der Waals surface area contributed by atoms with Gasteiger partial charge in [-0.3, -0.25) is 9.69 Å². The number of methoxy groups -OCH3 is 1. The minimum atomic E-state index is -0.519. The van der Waals surface area contributed by atoms with Crippen molar-refractivity contribution >= 4 is 5.91 Å². The van der Waals surface area contributed by atoms with Crippen molar-refractivity contribution in [3.05, 3.63) is 24.3 Å². The average molecular weight is 317 g/mol. The molecule has 0 bridgehead atoms. The summed E-state index contributed by atoms with van der Waals surface area (Å²) >= 11 is 0. The SMILES string of the molecule is COc1ccc(OC(C)C(=O)N2CCN(CCC#N)CC2)cc1. The van der Waals surface area contributed by atoms with Crippen molar-refractivity contribution in [1.29, 1.82) is 5.26 Å². The Kier molecular flexibility index (Phi) is 6.24. The molecule has 1 aromatic carbocycles. The van der Waals surface area contributed by atoms with E-state index in [4.69, 9.17) is 14.7 Å².